The summed E-state index contributed by atoms with van der Waals surface area (Å²) in [7, 11) is 0. The lowest BCUT2D eigenvalue weighted by molar-refractivity contribution is 0.138. The smallest absolute Gasteiger partial charge is 0.217 e. The van der Waals surface area contributed by atoms with E-state index in [0.29, 0.717) is 4.77 Å². The fraction of sp³-hybridized carbons (Fsp3) is 0.500. The molecule has 1 aliphatic heterocycles. The lowest BCUT2D eigenvalue weighted by Crippen LogP contribution is -2.36. The number of aromatic amines is 1. The molecule has 0 saturated carbocycles. The zero-order valence-corrected chi connectivity index (χ0v) is 13.5. The van der Waals surface area contributed by atoms with E-state index in [2.05, 4.69) is 53.1 Å². The quantitative estimate of drug-likeness (QED) is 0.880. The van der Waals surface area contributed by atoms with Crippen molar-refractivity contribution in [2.24, 2.45) is 5.92 Å². The van der Waals surface area contributed by atoms with Crippen LogP contribution in [0.5, 0.6) is 0 Å². The predicted molar refractivity (Wildman–Crippen MR) is 87.6 cm³/mol. The van der Waals surface area contributed by atoms with Crippen LogP contribution in [0.4, 0.5) is 0 Å². The van der Waals surface area contributed by atoms with Crippen LogP contribution in [0.3, 0.4) is 0 Å². The number of aryl methyl sites for hydroxylation is 1. The lowest BCUT2D eigenvalue weighted by Gasteiger charge is -2.30. The van der Waals surface area contributed by atoms with E-state index in [1.807, 2.05) is 4.68 Å². The third-order valence-electron chi connectivity index (χ3n) is 4.09. The second-order valence-electron chi connectivity index (χ2n) is 6.11. The van der Waals surface area contributed by atoms with Crippen LogP contribution in [0, 0.1) is 17.6 Å². The molecule has 21 heavy (non-hydrogen) atoms. The first-order valence-corrected chi connectivity index (χ1v) is 7.99. The molecule has 4 nitrogen and oxygen atoms in total. The highest BCUT2D eigenvalue weighted by Gasteiger charge is 2.17. The van der Waals surface area contributed by atoms with Gasteiger partial charge in [-0.15, -0.1) is 0 Å². The standard InChI is InChI=1S/C16H22N4S/c1-12-5-7-14(8-6-12)15-17-16(21)20(18-15)11-19-9-3-4-13(2)10-19/h5-8,13H,3-4,9-11H2,1-2H3,(H,17,18,21)/t13-/m0/s1. The molecule has 0 spiro atoms. The average Bonchev–Trinajstić information content (AvgIpc) is 2.81. The van der Waals surface area contributed by atoms with Crippen LogP contribution in [-0.4, -0.2) is 32.8 Å². The van der Waals surface area contributed by atoms with Crippen molar-refractivity contribution < 1.29 is 0 Å². The molecule has 1 saturated heterocycles. The van der Waals surface area contributed by atoms with Gasteiger partial charge < -0.3 is 0 Å². The fourth-order valence-corrected chi connectivity index (χ4v) is 3.10. The molecule has 0 radical (unpaired) electrons. The predicted octanol–water partition coefficient (Wildman–Crippen LogP) is 3.61. The topological polar surface area (TPSA) is 36.9 Å². The number of hydrogen-bond donors (Lipinski definition) is 1. The van der Waals surface area contributed by atoms with Gasteiger partial charge in [0.15, 0.2) is 5.82 Å². The highest BCUT2D eigenvalue weighted by molar-refractivity contribution is 7.71. The van der Waals surface area contributed by atoms with Gasteiger partial charge >= 0.3 is 0 Å². The van der Waals surface area contributed by atoms with Crippen molar-refractivity contribution in [3.63, 3.8) is 0 Å². The molecule has 0 amide bonds. The summed E-state index contributed by atoms with van der Waals surface area (Å²) in [6, 6.07) is 8.35. The molecule has 1 aliphatic rings. The van der Waals surface area contributed by atoms with Crippen LogP contribution in [-0.2, 0) is 6.67 Å². The SMILES string of the molecule is Cc1ccc(-c2nc(=S)n(CN3CCC[C@H](C)C3)[nH]2)cc1. The number of likely N-dealkylation sites (tertiary alicyclic amines) is 1. The number of rotatable bonds is 3. The van der Waals surface area contributed by atoms with E-state index in [0.717, 1.165) is 37.1 Å². The fourth-order valence-electron chi connectivity index (χ4n) is 2.91. The van der Waals surface area contributed by atoms with Gasteiger partial charge in [0.1, 0.15) is 0 Å². The monoisotopic (exact) mass is 302 g/mol. The number of nitrogens with zero attached hydrogens (tertiary/aromatic N) is 3. The zero-order valence-electron chi connectivity index (χ0n) is 12.7. The molecule has 1 aromatic carbocycles. The van der Waals surface area contributed by atoms with Gasteiger partial charge in [0.2, 0.25) is 4.77 Å². The first kappa shape index (κ1) is 14.5. The molecule has 1 fully saturated rings. The van der Waals surface area contributed by atoms with Crippen LogP contribution in [0.1, 0.15) is 25.3 Å². The minimum absolute atomic E-state index is 0.629. The van der Waals surface area contributed by atoms with Crippen LogP contribution >= 0.6 is 12.2 Å². The largest absolute Gasteiger partial charge is 0.284 e. The molecule has 3 rings (SSSR count). The van der Waals surface area contributed by atoms with Gasteiger partial charge in [-0.25, -0.2) is 4.68 Å². The lowest BCUT2D eigenvalue weighted by atomic mass is 10.0. The molecule has 0 unspecified atom stereocenters. The summed E-state index contributed by atoms with van der Waals surface area (Å²) in [5.74, 6) is 1.62. The second-order valence-corrected chi connectivity index (χ2v) is 6.48. The van der Waals surface area contributed by atoms with E-state index in [9.17, 15) is 0 Å². The zero-order chi connectivity index (χ0) is 14.8. The van der Waals surface area contributed by atoms with Gasteiger partial charge in [-0.1, -0.05) is 36.8 Å². The van der Waals surface area contributed by atoms with Crippen molar-refractivity contribution >= 4 is 12.2 Å². The van der Waals surface area contributed by atoms with Gasteiger partial charge in [0.25, 0.3) is 0 Å². The molecular weight excluding hydrogens is 280 g/mol. The van der Waals surface area contributed by atoms with Gasteiger partial charge in [-0.2, -0.15) is 4.98 Å². The summed E-state index contributed by atoms with van der Waals surface area (Å²) < 4.78 is 2.60. The first-order valence-electron chi connectivity index (χ1n) is 7.58. The Hall–Kier alpha value is -1.46. The second kappa shape index (κ2) is 6.12. The van der Waals surface area contributed by atoms with Crippen LogP contribution in [0.2, 0.25) is 0 Å². The summed E-state index contributed by atoms with van der Waals surface area (Å²) in [6.45, 7) is 7.49. The number of aromatic nitrogens is 3. The van der Waals surface area contributed by atoms with E-state index >= 15 is 0 Å². The maximum absolute atomic E-state index is 5.39. The van der Waals surface area contributed by atoms with Crippen molar-refractivity contribution in [3.8, 4) is 11.4 Å². The third kappa shape index (κ3) is 3.41. The number of piperidine rings is 1. The van der Waals surface area contributed by atoms with Gasteiger partial charge in [0.05, 0.1) is 6.67 Å². The van der Waals surface area contributed by atoms with E-state index in [-0.39, 0.29) is 0 Å². The number of H-pyrrole nitrogens is 1. The average molecular weight is 302 g/mol. The summed E-state index contributed by atoms with van der Waals surface area (Å²) in [4.78, 5) is 6.94. The Morgan fingerprint density at radius 1 is 1.33 bits per heavy atom. The Morgan fingerprint density at radius 2 is 2.10 bits per heavy atom. The third-order valence-corrected chi connectivity index (χ3v) is 4.40. The molecule has 1 aromatic heterocycles. The summed E-state index contributed by atoms with van der Waals surface area (Å²) in [5.41, 5.74) is 2.33. The summed E-state index contributed by atoms with van der Waals surface area (Å²) >= 11 is 5.39. The molecule has 112 valence electrons. The molecular formula is C16H22N4S. The van der Waals surface area contributed by atoms with E-state index in [4.69, 9.17) is 12.2 Å². The number of nitrogens with one attached hydrogen (secondary N) is 1. The molecule has 1 N–H and O–H groups in total. The Kier molecular flexibility index (Phi) is 4.22. The molecule has 0 bridgehead atoms. The van der Waals surface area contributed by atoms with Gasteiger partial charge in [-0.3, -0.25) is 10.00 Å². The number of benzene rings is 1. The molecule has 1 atom stereocenters. The van der Waals surface area contributed by atoms with Crippen LogP contribution in [0.15, 0.2) is 24.3 Å². The van der Waals surface area contributed by atoms with Crippen molar-refractivity contribution in [1.29, 1.82) is 0 Å². The van der Waals surface area contributed by atoms with Crippen molar-refractivity contribution in [2.45, 2.75) is 33.4 Å². The molecule has 5 heteroatoms. The normalized spacial score (nSPS) is 19.8. The highest BCUT2D eigenvalue weighted by atomic mass is 32.1. The Labute approximate surface area is 130 Å². The van der Waals surface area contributed by atoms with Crippen molar-refractivity contribution in [2.75, 3.05) is 13.1 Å². The van der Waals surface area contributed by atoms with E-state index in [1.54, 1.807) is 0 Å². The highest BCUT2D eigenvalue weighted by Crippen LogP contribution is 2.18. The summed E-state index contributed by atoms with van der Waals surface area (Å²) in [5, 5.41) is 3.34. The maximum atomic E-state index is 5.39. The minimum atomic E-state index is 0.629. The molecule has 2 heterocycles. The molecule has 2 aromatic rings. The Bertz CT molecular complexity index is 656. The van der Waals surface area contributed by atoms with Crippen LogP contribution < -0.4 is 0 Å². The minimum Gasteiger partial charge on any atom is -0.284 e. The Morgan fingerprint density at radius 3 is 2.81 bits per heavy atom. The van der Waals surface area contributed by atoms with Gasteiger partial charge in [0, 0.05) is 12.1 Å². The van der Waals surface area contributed by atoms with Crippen molar-refractivity contribution in [3.05, 3.63) is 34.6 Å². The number of hydrogen-bond acceptors (Lipinski definition) is 3. The first-order chi connectivity index (χ1) is 10.1. The maximum Gasteiger partial charge on any atom is 0.217 e. The summed E-state index contributed by atoms with van der Waals surface area (Å²) in [6.07, 6.45) is 2.60. The van der Waals surface area contributed by atoms with Crippen LogP contribution in [0.25, 0.3) is 11.4 Å². The van der Waals surface area contributed by atoms with Crippen molar-refractivity contribution in [1.82, 2.24) is 19.7 Å². The van der Waals surface area contributed by atoms with Gasteiger partial charge in [-0.05, 0) is 44.4 Å². The Balaban J connectivity index is 1.78. The molecule has 0 aliphatic carbocycles. The van der Waals surface area contributed by atoms with E-state index in [1.165, 1.54) is 18.4 Å². The van der Waals surface area contributed by atoms with E-state index < -0.39 is 0 Å².